The van der Waals surface area contributed by atoms with Crippen LogP contribution in [0.2, 0.25) is 0 Å². The fourth-order valence-corrected chi connectivity index (χ4v) is 5.32. The highest BCUT2D eigenvalue weighted by Gasteiger charge is 2.31. The number of ether oxygens (including phenoxy) is 1. The van der Waals surface area contributed by atoms with Crippen LogP contribution in [0, 0.1) is 13.8 Å². The molecule has 4 rings (SSSR count). The highest BCUT2D eigenvalue weighted by Crippen LogP contribution is 2.22. The minimum Gasteiger partial charge on any atom is -0.383 e. The first-order valence-corrected chi connectivity index (χ1v) is 14.2. The second-order valence-corrected chi connectivity index (χ2v) is 11.0. The van der Waals surface area contributed by atoms with Crippen LogP contribution in [0.25, 0.3) is 17.2 Å². The quantitative estimate of drug-likeness (QED) is 0.224. The summed E-state index contributed by atoms with van der Waals surface area (Å²) in [5, 5.41) is 0.937. The lowest BCUT2D eigenvalue weighted by Gasteiger charge is -2.33. The lowest BCUT2D eigenvalue weighted by molar-refractivity contribution is -0.143. The van der Waals surface area contributed by atoms with Gasteiger partial charge in [-0.15, -0.1) is 11.3 Å². The number of aryl methyl sites for hydroxylation is 2. The summed E-state index contributed by atoms with van der Waals surface area (Å²) in [6.07, 6.45) is 8.75. The Morgan fingerprint density at radius 2 is 1.68 bits per heavy atom. The van der Waals surface area contributed by atoms with Crippen molar-refractivity contribution in [1.29, 1.82) is 0 Å². The molecule has 212 valence electrons. The molecule has 0 saturated carbocycles. The Morgan fingerprint density at radius 1 is 0.976 bits per heavy atom. The lowest BCUT2D eigenvalue weighted by Crippen LogP contribution is -2.51. The molecule has 0 saturated heterocycles. The number of thiazole rings is 1. The van der Waals surface area contributed by atoms with Gasteiger partial charge < -0.3 is 14.5 Å². The molecule has 0 radical (unpaired) electrons. The zero-order chi connectivity index (χ0) is 29.2. The molecule has 4 aromatic rings. The maximum Gasteiger partial charge on any atom is 0.247 e. The average molecular weight is 570 g/mol. The summed E-state index contributed by atoms with van der Waals surface area (Å²) < 4.78 is 5.21. The Labute approximate surface area is 245 Å². The zero-order valence-corrected chi connectivity index (χ0v) is 24.7. The Morgan fingerprint density at radius 3 is 2.32 bits per heavy atom. The maximum atomic E-state index is 13.9. The molecule has 8 nitrogen and oxygen atoms in total. The summed E-state index contributed by atoms with van der Waals surface area (Å²) in [4.78, 5) is 44.7. The van der Waals surface area contributed by atoms with E-state index in [-0.39, 0.29) is 18.4 Å². The van der Waals surface area contributed by atoms with Crippen LogP contribution in [0.4, 0.5) is 0 Å². The molecule has 0 aliphatic rings. The number of nitrogens with zero attached hydrogens (tertiary/aromatic N) is 5. The second-order valence-electron chi connectivity index (χ2n) is 9.76. The number of carbonyl (C=O) groups is 2. The highest BCUT2D eigenvalue weighted by atomic mass is 32.1. The van der Waals surface area contributed by atoms with Gasteiger partial charge in [0.2, 0.25) is 11.8 Å². The summed E-state index contributed by atoms with van der Waals surface area (Å²) in [7, 11) is 3.35. The van der Waals surface area contributed by atoms with E-state index in [1.54, 1.807) is 48.5 Å². The molecule has 41 heavy (non-hydrogen) atoms. The SMILES string of the molecule is COCCN(C)C(=O)C(Cc1ccccc1)N(Cc1ccc(-c2cncnc2)cc1)C(=O)C=Cc1sc(C)nc1C. The van der Waals surface area contributed by atoms with Crippen LogP contribution in [0.3, 0.4) is 0 Å². The Hall–Kier alpha value is -4.21. The van der Waals surface area contributed by atoms with Crippen molar-refractivity contribution in [2.75, 3.05) is 27.3 Å². The van der Waals surface area contributed by atoms with Gasteiger partial charge in [0.05, 0.1) is 22.2 Å². The van der Waals surface area contributed by atoms with Crippen LogP contribution in [0.5, 0.6) is 0 Å². The minimum atomic E-state index is -0.720. The number of benzene rings is 2. The normalized spacial score (nSPS) is 11.9. The number of amides is 2. The average Bonchev–Trinajstić information content (AvgIpc) is 3.33. The van der Waals surface area contributed by atoms with Crippen molar-refractivity contribution in [2.45, 2.75) is 32.9 Å². The first-order valence-electron chi connectivity index (χ1n) is 13.4. The molecule has 1 atom stereocenters. The molecule has 0 spiro atoms. The molecular weight excluding hydrogens is 534 g/mol. The van der Waals surface area contributed by atoms with E-state index in [9.17, 15) is 9.59 Å². The van der Waals surface area contributed by atoms with Crippen molar-refractivity contribution >= 4 is 29.2 Å². The molecule has 2 amide bonds. The van der Waals surface area contributed by atoms with Crippen molar-refractivity contribution in [1.82, 2.24) is 24.8 Å². The predicted molar refractivity (Wildman–Crippen MR) is 162 cm³/mol. The third-order valence-corrected chi connectivity index (χ3v) is 7.78. The minimum absolute atomic E-state index is 0.143. The Balaban J connectivity index is 1.69. The number of likely N-dealkylation sites (N-methyl/N-ethyl adjacent to an activating group) is 1. The summed E-state index contributed by atoms with van der Waals surface area (Å²) in [6, 6.07) is 17.0. The van der Waals surface area contributed by atoms with Crippen LogP contribution in [0.1, 0.15) is 26.7 Å². The van der Waals surface area contributed by atoms with Crippen molar-refractivity contribution in [3.8, 4) is 11.1 Å². The summed E-state index contributed by atoms with van der Waals surface area (Å²) in [5.74, 6) is -0.388. The zero-order valence-electron chi connectivity index (χ0n) is 23.9. The van der Waals surface area contributed by atoms with E-state index in [2.05, 4.69) is 15.0 Å². The molecule has 9 heteroatoms. The van der Waals surface area contributed by atoms with Crippen LogP contribution in [-0.2, 0) is 27.3 Å². The number of rotatable bonds is 12. The molecular formula is C32H35N5O3S. The van der Waals surface area contributed by atoms with Crippen molar-refractivity contribution < 1.29 is 14.3 Å². The van der Waals surface area contributed by atoms with Gasteiger partial charge in [0, 0.05) is 57.7 Å². The van der Waals surface area contributed by atoms with E-state index < -0.39 is 6.04 Å². The fraction of sp³-hybridized carbons (Fsp3) is 0.281. The van der Waals surface area contributed by atoms with Crippen LogP contribution >= 0.6 is 11.3 Å². The van der Waals surface area contributed by atoms with Crippen LogP contribution in [-0.4, -0.2) is 69.9 Å². The van der Waals surface area contributed by atoms with E-state index in [0.717, 1.165) is 37.8 Å². The molecule has 2 aromatic heterocycles. The molecule has 2 aromatic carbocycles. The van der Waals surface area contributed by atoms with Crippen molar-refractivity contribution in [2.24, 2.45) is 0 Å². The summed E-state index contributed by atoms with van der Waals surface area (Å²) in [5.41, 5.74) is 4.63. The summed E-state index contributed by atoms with van der Waals surface area (Å²) >= 11 is 1.53. The molecule has 0 bridgehead atoms. The van der Waals surface area contributed by atoms with Crippen molar-refractivity contribution in [3.05, 3.63) is 106 Å². The Bertz CT molecular complexity index is 1460. The van der Waals surface area contributed by atoms with E-state index in [1.165, 1.54) is 17.7 Å². The topological polar surface area (TPSA) is 88.5 Å². The monoisotopic (exact) mass is 569 g/mol. The molecule has 2 heterocycles. The van der Waals surface area contributed by atoms with Gasteiger partial charge in [0.15, 0.2) is 0 Å². The second kappa shape index (κ2) is 14.4. The van der Waals surface area contributed by atoms with Gasteiger partial charge in [0.1, 0.15) is 12.4 Å². The van der Waals surface area contributed by atoms with E-state index in [0.29, 0.717) is 19.6 Å². The molecule has 1 unspecified atom stereocenters. The third-order valence-electron chi connectivity index (χ3n) is 6.74. The molecule has 0 N–H and O–H groups in total. The van der Waals surface area contributed by atoms with Gasteiger partial charge in [-0.2, -0.15) is 0 Å². The first-order chi connectivity index (χ1) is 19.9. The van der Waals surface area contributed by atoms with Gasteiger partial charge in [-0.25, -0.2) is 15.0 Å². The van der Waals surface area contributed by atoms with Crippen LogP contribution in [0.15, 0.2) is 79.4 Å². The smallest absolute Gasteiger partial charge is 0.247 e. The fourth-order valence-electron chi connectivity index (χ4n) is 4.49. The number of methoxy groups -OCH3 is 1. The number of hydrogen-bond donors (Lipinski definition) is 0. The van der Waals surface area contributed by atoms with Gasteiger partial charge in [-0.1, -0.05) is 54.6 Å². The number of hydrogen-bond acceptors (Lipinski definition) is 7. The van der Waals surface area contributed by atoms with E-state index in [1.807, 2.05) is 68.4 Å². The van der Waals surface area contributed by atoms with E-state index >= 15 is 0 Å². The van der Waals surface area contributed by atoms with Gasteiger partial charge in [-0.3, -0.25) is 9.59 Å². The molecule has 0 fully saturated rings. The highest BCUT2D eigenvalue weighted by molar-refractivity contribution is 7.12. The number of aromatic nitrogens is 3. The maximum absolute atomic E-state index is 13.9. The first kappa shape index (κ1) is 29.8. The third kappa shape index (κ3) is 8.15. The predicted octanol–water partition coefficient (Wildman–Crippen LogP) is 4.98. The van der Waals surface area contributed by atoms with Crippen molar-refractivity contribution in [3.63, 3.8) is 0 Å². The molecule has 0 aliphatic carbocycles. The van der Waals surface area contributed by atoms with Crippen LogP contribution < -0.4 is 0 Å². The lowest BCUT2D eigenvalue weighted by atomic mass is 10.0. The van der Waals surface area contributed by atoms with Gasteiger partial charge >= 0.3 is 0 Å². The Kier molecular flexibility index (Phi) is 10.5. The number of carbonyl (C=O) groups excluding carboxylic acids is 2. The van der Waals surface area contributed by atoms with E-state index in [4.69, 9.17) is 4.74 Å². The standard InChI is InChI=1S/C32H35N5O3S/c1-23-30(41-24(2)35-23)14-15-31(38)37(21-26-10-12-27(13-11-26)28-19-33-22-34-20-28)29(18-25-8-6-5-7-9-25)32(39)36(3)16-17-40-4/h5-15,19-20,22,29H,16-18,21H2,1-4H3. The van der Waals surface area contributed by atoms with Gasteiger partial charge in [-0.05, 0) is 36.6 Å². The summed E-state index contributed by atoms with van der Waals surface area (Å²) in [6.45, 7) is 4.96. The largest absolute Gasteiger partial charge is 0.383 e. The molecule has 0 aliphatic heterocycles. The van der Waals surface area contributed by atoms with Gasteiger partial charge in [0.25, 0.3) is 0 Å².